The fraction of sp³-hybridized carbons (Fsp3) is 0.158. The van der Waals surface area contributed by atoms with Crippen molar-refractivity contribution in [2.75, 3.05) is 0 Å². The van der Waals surface area contributed by atoms with Gasteiger partial charge in [0.1, 0.15) is 11.6 Å². The van der Waals surface area contributed by atoms with Gasteiger partial charge in [0.15, 0.2) is 0 Å². The Hall–Kier alpha value is -2.84. The molecule has 0 bridgehead atoms. The molecule has 10 heteroatoms. The van der Waals surface area contributed by atoms with Gasteiger partial charge in [0, 0.05) is 24.0 Å². The molecule has 0 atom stereocenters. The van der Waals surface area contributed by atoms with E-state index in [1.165, 1.54) is 36.4 Å². The molecule has 2 rings (SSSR count). The smallest absolute Gasteiger partial charge is 0.240 e. The van der Waals surface area contributed by atoms with E-state index >= 15 is 0 Å². The zero-order chi connectivity index (χ0) is 21.2. The number of hydrazone groups is 2. The van der Waals surface area contributed by atoms with E-state index in [1.54, 1.807) is 0 Å². The van der Waals surface area contributed by atoms with Crippen LogP contribution in [0.5, 0.6) is 0 Å². The third-order valence-electron chi connectivity index (χ3n) is 3.57. The number of nitrogens with one attached hydrogen (secondary N) is 2. The molecule has 2 N–H and O–H groups in total. The van der Waals surface area contributed by atoms with Crippen molar-refractivity contribution in [2.45, 2.75) is 19.3 Å². The third kappa shape index (κ3) is 7.24. The summed E-state index contributed by atoms with van der Waals surface area (Å²) in [4.78, 5) is 23.4. The van der Waals surface area contributed by atoms with Crippen molar-refractivity contribution < 1.29 is 18.4 Å². The van der Waals surface area contributed by atoms with Crippen LogP contribution in [-0.2, 0) is 9.59 Å². The molecule has 0 spiro atoms. The highest BCUT2D eigenvalue weighted by atomic mass is 35.5. The zero-order valence-electron chi connectivity index (χ0n) is 15.0. The Balaban J connectivity index is 1.71. The second-order valence-corrected chi connectivity index (χ2v) is 6.52. The molecule has 0 heterocycles. The first-order valence-electron chi connectivity index (χ1n) is 8.40. The van der Waals surface area contributed by atoms with Gasteiger partial charge in [-0.15, -0.1) is 0 Å². The second-order valence-electron chi connectivity index (χ2n) is 5.71. The quantitative estimate of drug-likeness (QED) is 0.479. The average molecular weight is 441 g/mol. The van der Waals surface area contributed by atoms with E-state index in [4.69, 9.17) is 23.2 Å². The van der Waals surface area contributed by atoms with E-state index in [9.17, 15) is 18.4 Å². The summed E-state index contributed by atoms with van der Waals surface area (Å²) in [5.74, 6) is -2.04. The Morgan fingerprint density at radius 2 is 1.24 bits per heavy atom. The predicted molar refractivity (Wildman–Crippen MR) is 108 cm³/mol. The Bertz CT molecular complexity index is 836. The molecule has 0 unspecified atom stereocenters. The topological polar surface area (TPSA) is 82.9 Å². The summed E-state index contributed by atoms with van der Waals surface area (Å²) < 4.78 is 27.1. The number of hydrogen-bond donors (Lipinski definition) is 2. The zero-order valence-corrected chi connectivity index (χ0v) is 16.5. The van der Waals surface area contributed by atoms with Gasteiger partial charge in [-0.25, -0.2) is 19.6 Å². The number of carbonyl (C=O) groups is 2. The van der Waals surface area contributed by atoms with Crippen molar-refractivity contribution in [3.05, 3.63) is 69.2 Å². The van der Waals surface area contributed by atoms with E-state index < -0.39 is 23.4 Å². The van der Waals surface area contributed by atoms with Gasteiger partial charge in [-0.1, -0.05) is 35.3 Å². The molecule has 0 aliphatic heterocycles. The van der Waals surface area contributed by atoms with E-state index in [2.05, 4.69) is 21.1 Å². The van der Waals surface area contributed by atoms with Crippen LogP contribution in [0.1, 0.15) is 30.4 Å². The monoisotopic (exact) mass is 440 g/mol. The Morgan fingerprint density at radius 1 is 0.828 bits per heavy atom. The van der Waals surface area contributed by atoms with E-state index in [0.29, 0.717) is 0 Å². The SMILES string of the molecule is O=C(CCCC(=O)NN=Cc1c(F)cccc1Cl)NN=Cc1c(F)cccc1Cl. The standard InChI is InChI=1S/C19H16Cl2F2N4O2/c20-14-4-1-6-16(22)12(14)10-24-26-18(28)8-3-9-19(29)27-25-11-13-15(21)5-2-7-17(13)23/h1-2,4-7,10-11H,3,8-9H2,(H,26,28)(H,27,29). The first-order valence-corrected chi connectivity index (χ1v) is 9.16. The molecule has 0 aliphatic carbocycles. The molecular weight excluding hydrogens is 425 g/mol. The largest absolute Gasteiger partial charge is 0.273 e. The normalized spacial score (nSPS) is 11.2. The van der Waals surface area contributed by atoms with Crippen LogP contribution >= 0.6 is 23.2 Å². The minimum Gasteiger partial charge on any atom is -0.273 e. The number of nitrogens with zero attached hydrogens (tertiary/aromatic N) is 2. The average Bonchev–Trinajstić information content (AvgIpc) is 2.66. The van der Waals surface area contributed by atoms with Crippen molar-refractivity contribution in [3.8, 4) is 0 Å². The van der Waals surface area contributed by atoms with Gasteiger partial charge in [0.25, 0.3) is 0 Å². The lowest BCUT2D eigenvalue weighted by Gasteiger charge is -2.02. The molecule has 6 nitrogen and oxygen atoms in total. The number of amides is 2. The predicted octanol–water partition coefficient (Wildman–Crippen LogP) is 4.04. The molecule has 0 saturated carbocycles. The van der Waals surface area contributed by atoms with Crippen LogP contribution < -0.4 is 10.9 Å². The molecule has 152 valence electrons. The summed E-state index contributed by atoms with van der Waals surface area (Å²) in [6.07, 6.45) is 2.45. The fourth-order valence-electron chi connectivity index (χ4n) is 2.13. The summed E-state index contributed by atoms with van der Waals surface area (Å²) in [6.45, 7) is 0. The van der Waals surface area contributed by atoms with Crippen LogP contribution in [0.25, 0.3) is 0 Å². The lowest BCUT2D eigenvalue weighted by atomic mass is 10.2. The Morgan fingerprint density at radius 3 is 1.62 bits per heavy atom. The number of benzene rings is 2. The number of halogens is 4. The molecular formula is C19H16Cl2F2N4O2. The highest BCUT2D eigenvalue weighted by Crippen LogP contribution is 2.17. The summed E-state index contributed by atoms with van der Waals surface area (Å²) in [5.41, 5.74) is 4.56. The van der Waals surface area contributed by atoms with Gasteiger partial charge in [0.2, 0.25) is 11.8 Å². The molecule has 2 aromatic rings. The molecule has 0 saturated heterocycles. The molecule has 0 radical (unpaired) electrons. The summed E-state index contributed by atoms with van der Waals surface area (Å²) in [5, 5.41) is 7.61. The van der Waals surface area contributed by atoms with Crippen LogP contribution in [0, 0.1) is 11.6 Å². The van der Waals surface area contributed by atoms with Crippen molar-refractivity contribution in [1.82, 2.24) is 10.9 Å². The van der Waals surface area contributed by atoms with Crippen LogP contribution in [0.3, 0.4) is 0 Å². The maximum Gasteiger partial charge on any atom is 0.240 e. The summed E-state index contributed by atoms with van der Waals surface area (Å²) in [7, 11) is 0. The maximum absolute atomic E-state index is 13.5. The van der Waals surface area contributed by atoms with E-state index in [-0.39, 0.29) is 40.4 Å². The molecule has 0 fully saturated rings. The Labute approximate surface area is 175 Å². The van der Waals surface area contributed by atoms with E-state index in [0.717, 1.165) is 12.4 Å². The van der Waals surface area contributed by atoms with Crippen LogP contribution in [0.4, 0.5) is 8.78 Å². The minimum atomic E-state index is -0.565. The lowest BCUT2D eigenvalue weighted by Crippen LogP contribution is -2.20. The van der Waals surface area contributed by atoms with Crippen molar-refractivity contribution in [1.29, 1.82) is 0 Å². The first kappa shape index (κ1) is 22.4. The third-order valence-corrected chi connectivity index (χ3v) is 4.23. The molecule has 2 amide bonds. The summed E-state index contributed by atoms with van der Waals surface area (Å²) >= 11 is 11.7. The van der Waals surface area contributed by atoms with Crippen LogP contribution in [0.2, 0.25) is 10.0 Å². The van der Waals surface area contributed by atoms with Crippen LogP contribution in [-0.4, -0.2) is 24.2 Å². The number of rotatable bonds is 8. The van der Waals surface area contributed by atoms with Gasteiger partial charge >= 0.3 is 0 Å². The van der Waals surface area contributed by atoms with Gasteiger partial charge in [-0.2, -0.15) is 10.2 Å². The van der Waals surface area contributed by atoms with E-state index in [1.807, 2.05) is 0 Å². The minimum absolute atomic E-state index is 0.0125. The second kappa shape index (κ2) is 11.2. The molecule has 2 aromatic carbocycles. The lowest BCUT2D eigenvalue weighted by molar-refractivity contribution is -0.122. The molecule has 0 aliphatic rings. The van der Waals surface area contributed by atoms with Crippen molar-refractivity contribution >= 4 is 47.4 Å². The van der Waals surface area contributed by atoms with Gasteiger partial charge in [-0.3, -0.25) is 9.59 Å². The summed E-state index contributed by atoms with van der Waals surface area (Å²) in [6, 6.07) is 8.33. The maximum atomic E-state index is 13.5. The van der Waals surface area contributed by atoms with Crippen molar-refractivity contribution in [2.24, 2.45) is 10.2 Å². The van der Waals surface area contributed by atoms with Crippen LogP contribution in [0.15, 0.2) is 46.6 Å². The van der Waals surface area contributed by atoms with Crippen molar-refractivity contribution in [3.63, 3.8) is 0 Å². The van der Waals surface area contributed by atoms with Gasteiger partial charge < -0.3 is 0 Å². The molecule has 29 heavy (non-hydrogen) atoms. The highest BCUT2D eigenvalue weighted by Gasteiger charge is 2.07. The van der Waals surface area contributed by atoms with Gasteiger partial charge in [0.05, 0.1) is 22.5 Å². The Kier molecular flexibility index (Phi) is 8.69. The molecule has 0 aromatic heterocycles. The highest BCUT2D eigenvalue weighted by molar-refractivity contribution is 6.33. The number of carbonyl (C=O) groups excluding carboxylic acids is 2. The number of hydrogen-bond acceptors (Lipinski definition) is 4. The van der Waals surface area contributed by atoms with Gasteiger partial charge in [-0.05, 0) is 30.7 Å². The fourth-order valence-corrected chi connectivity index (χ4v) is 2.55. The first-order chi connectivity index (χ1) is 13.9.